The van der Waals surface area contributed by atoms with Crippen molar-refractivity contribution in [2.45, 2.75) is 13.1 Å². The van der Waals surface area contributed by atoms with Gasteiger partial charge in [0.2, 0.25) is 0 Å². The van der Waals surface area contributed by atoms with Crippen molar-refractivity contribution < 1.29 is 22.7 Å². The van der Waals surface area contributed by atoms with E-state index in [0.29, 0.717) is 5.39 Å². The molecule has 0 amide bonds. The Hall–Kier alpha value is -2.04. The van der Waals surface area contributed by atoms with Crippen molar-refractivity contribution in [3.8, 4) is 5.75 Å². The van der Waals surface area contributed by atoms with Crippen LogP contribution in [0.2, 0.25) is 0 Å². The molecule has 0 unspecified atom stereocenters. The van der Waals surface area contributed by atoms with E-state index in [-0.39, 0.29) is 17.1 Å². The summed E-state index contributed by atoms with van der Waals surface area (Å²) < 4.78 is 41.6. The number of ether oxygens (including phenoxy) is 1. The summed E-state index contributed by atoms with van der Waals surface area (Å²) in [4.78, 5) is 11.5. The van der Waals surface area contributed by atoms with Crippen molar-refractivity contribution in [3.63, 3.8) is 0 Å². The summed E-state index contributed by atoms with van der Waals surface area (Å²) in [5.41, 5.74) is 0.156. The lowest BCUT2D eigenvalue weighted by molar-refractivity contribution is -0.153. The van der Waals surface area contributed by atoms with Gasteiger partial charge in [-0.3, -0.25) is 4.79 Å². The number of Topliss-reactive ketones (excluding diaryl/α,β-unsaturated/α-hetero) is 1. The van der Waals surface area contributed by atoms with E-state index in [0.717, 1.165) is 5.39 Å². The maximum Gasteiger partial charge on any atom is 0.422 e. The first kappa shape index (κ1) is 13.4. The highest BCUT2D eigenvalue weighted by Crippen LogP contribution is 2.31. The summed E-state index contributed by atoms with van der Waals surface area (Å²) in [5, 5.41) is 1.23. The zero-order valence-corrected chi connectivity index (χ0v) is 10.1. The van der Waals surface area contributed by atoms with E-state index in [2.05, 4.69) is 0 Å². The number of alkyl halides is 3. The highest BCUT2D eigenvalue weighted by Gasteiger charge is 2.29. The minimum Gasteiger partial charge on any atom is -0.483 e. The number of hydrogen-bond acceptors (Lipinski definition) is 2. The van der Waals surface area contributed by atoms with Gasteiger partial charge in [-0.1, -0.05) is 30.3 Å². The number of carbonyl (C=O) groups excluding carboxylic acids is 1. The van der Waals surface area contributed by atoms with Crippen molar-refractivity contribution >= 4 is 16.6 Å². The Morgan fingerprint density at radius 3 is 2.47 bits per heavy atom. The fourth-order valence-corrected chi connectivity index (χ4v) is 1.83. The third-order valence-electron chi connectivity index (χ3n) is 2.64. The van der Waals surface area contributed by atoms with Crippen LogP contribution in [0.15, 0.2) is 36.4 Å². The first-order chi connectivity index (χ1) is 8.88. The molecule has 2 nitrogen and oxygen atoms in total. The lowest BCUT2D eigenvalue weighted by atomic mass is 10.0. The van der Waals surface area contributed by atoms with E-state index in [1.165, 1.54) is 13.0 Å². The SMILES string of the molecule is CC(=O)c1ccc2ccccc2c1OCC(F)(F)F. The van der Waals surface area contributed by atoms with Gasteiger partial charge in [0, 0.05) is 5.39 Å². The second-order valence-electron chi connectivity index (χ2n) is 4.12. The van der Waals surface area contributed by atoms with Crippen molar-refractivity contribution in [2.24, 2.45) is 0 Å². The minimum absolute atomic E-state index is 0.0112. The van der Waals surface area contributed by atoms with Crippen LogP contribution in [0.4, 0.5) is 13.2 Å². The summed E-state index contributed by atoms with van der Waals surface area (Å²) in [5.74, 6) is -0.342. The smallest absolute Gasteiger partial charge is 0.422 e. The second kappa shape index (κ2) is 4.91. The number of carbonyl (C=O) groups is 1. The average molecular weight is 268 g/mol. The van der Waals surface area contributed by atoms with Crippen molar-refractivity contribution in [3.05, 3.63) is 42.0 Å². The van der Waals surface area contributed by atoms with Crippen LogP contribution >= 0.6 is 0 Å². The summed E-state index contributed by atoms with van der Waals surface area (Å²) in [6.45, 7) is -0.119. The van der Waals surface area contributed by atoms with Crippen molar-refractivity contribution in [2.75, 3.05) is 6.61 Å². The molecule has 0 atom stereocenters. The Morgan fingerprint density at radius 2 is 1.84 bits per heavy atom. The van der Waals surface area contributed by atoms with E-state index in [4.69, 9.17) is 4.74 Å². The van der Waals surface area contributed by atoms with Crippen LogP contribution in [0.1, 0.15) is 17.3 Å². The normalized spacial score (nSPS) is 11.6. The Morgan fingerprint density at radius 1 is 1.16 bits per heavy atom. The summed E-state index contributed by atoms with van der Waals surface area (Å²) in [6, 6.07) is 10.0. The van der Waals surface area contributed by atoms with Gasteiger partial charge >= 0.3 is 6.18 Å². The summed E-state index contributed by atoms with van der Waals surface area (Å²) in [6.07, 6.45) is -4.44. The minimum atomic E-state index is -4.44. The number of ketones is 1. The first-order valence-electron chi connectivity index (χ1n) is 5.61. The summed E-state index contributed by atoms with van der Waals surface area (Å²) >= 11 is 0. The number of hydrogen-bond donors (Lipinski definition) is 0. The van der Waals surface area contributed by atoms with E-state index in [1.807, 2.05) is 0 Å². The molecule has 0 aromatic heterocycles. The number of halogens is 3. The molecule has 0 radical (unpaired) electrons. The molecule has 0 N–H and O–H groups in total. The van der Waals surface area contributed by atoms with E-state index >= 15 is 0 Å². The highest BCUT2D eigenvalue weighted by molar-refractivity contribution is 6.03. The second-order valence-corrected chi connectivity index (χ2v) is 4.12. The molecule has 5 heteroatoms. The predicted molar refractivity (Wildman–Crippen MR) is 65.5 cm³/mol. The molecule has 0 fully saturated rings. The van der Waals surface area contributed by atoms with E-state index in [9.17, 15) is 18.0 Å². The first-order valence-corrected chi connectivity index (χ1v) is 5.61. The van der Waals surface area contributed by atoms with Crippen molar-refractivity contribution in [1.82, 2.24) is 0 Å². The van der Waals surface area contributed by atoms with Gasteiger partial charge in [-0.25, -0.2) is 0 Å². The molecule has 19 heavy (non-hydrogen) atoms. The third-order valence-corrected chi connectivity index (χ3v) is 2.64. The molecule has 0 bridgehead atoms. The van der Waals surface area contributed by atoms with Crippen LogP contribution in [0.25, 0.3) is 10.8 Å². The van der Waals surface area contributed by atoms with Gasteiger partial charge in [-0.05, 0) is 18.4 Å². The molecule has 0 saturated heterocycles. The quantitative estimate of drug-likeness (QED) is 0.787. The van der Waals surface area contributed by atoms with Gasteiger partial charge < -0.3 is 4.74 Å². The van der Waals surface area contributed by atoms with Crippen molar-refractivity contribution in [1.29, 1.82) is 0 Å². The van der Waals surface area contributed by atoms with Gasteiger partial charge in [0.25, 0.3) is 0 Å². The maximum absolute atomic E-state index is 12.3. The summed E-state index contributed by atoms with van der Waals surface area (Å²) in [7, 11) is 0. The van der Waals surface area contributed by atoms with Gasteiger partial charge in [-0.2, -0.15) is 13.2 Å². The largest absolute Gasteiger partial charge is 0.483 e. The fraction of sp³-hybridized carbons (Fsp3) is 0.214. The molecule has 2 aromatic carbocycles. The Bertz CT molecular complexity index is 618. The van der Waals surface area contributed by atoms with E-state index < -0.39 is 12.8 Å². The number of rotatable bonds is 3. The number of benzene rings is 2. The molecular weight excluding hydrogens is 257 g/mol. The molecule has 0 aliphatic rings. The molecular formula is C14H11F3O2. The molecule has 0 aliphatic carbocycles. The molecule has 0 saturated carbocycles. The van der Waals surface area contributed by atoms with Gasteiger partial charge in [0.15, 0.2) is 12.4 Å². The van der Waals surface area contributed by atoms with Crippen LogP contribution in [0.5, 0.6) is 5.75 Å². The highest BCUT2D eigenvalue weighted by atomic mass is 19.4. The zero-order chi connectivity index (χ0) is 14.0. The molecule has 0 heterocycles. The van der Waals surface area contributed by atoms with Crippen LogP contribution in [0, 0.1) is 0 Å². The molecule has 0 spiro atoms. The monoisotopic (exact) mass is 268 g/mol. The molecule has 0 aliphatic heterocycles. The molecule has 100 valence electrons. The Kier molecular flexibility index (Phi) is 3.46. The standard InChI is InChI=1S/C14H11F3O2/c1-9(18)11-7-6-10-4-2-3-5-12(10)13(11)19-8-14(15,16)17/h2-7H,8H2,1H3. The van der Waals surface area contributed by atoms with Crippen LogP contribution in [-0.4, -0.2) is 18.6 Å². The lowest BCUT2D eigenvalue weighted by Crippen LogP contribution is -2.20. The molecule has 2 rings (SSSR count). The van der Waals surface area contributed by atoms with Gasteiger partial charge in [0.05, 0.1) is 5.56 Å². The molecule has 2 aromatic rings. The maximum atomic E-state index is 12.3. The van der Waals surface area contributed by atoms with Gasteiger partial charge in [0.1, 0.15) is 5.75 Å². The van der Waals surface area contributed by atoms with E-state index in [1.54, 1.807) is 30.3 Å². The fourth-order valence-electron chi connectivity index (χ4n) is 1.83. The van der Waals surface area contributed by atoms with Crippen LogP contribution in [-0.2, 0) is 0 Å². The lowest BCUT2D eigenvalue weighted by Gasteiger charge is -2.14. The Balaban J connectivity index is 2.53. The predicted octanol–water partition coefficient (Wildman–Crippen LogP) is 3.98. The Labute approximate surface area is 107 Å². The average Bonchev–Trinajstić information content (AvgIpc) is 2.34. The number of fused-ring (bicyclic) bond motifs is 1. The van der Waals surface area contributed by atoms with Crippen LogP contribution in [0.3, 0.4) is 0 Å². The van der Waals surface area contributed by atoms with Gasteiger partial charge in [-0.15, -0.1) is 0 Å². The van der Waals surface area contributed by atoms with Crippen LogP contribution < -0.4 is 4.74 Å². The topological polar surface area (TPSA) is 26.3 Å². The third kappa shape index (κ3) is 3.05. The zero-order valence-electron chi connectivity index (χ0n) is 10.1.